The fourth-order valence-electron chi connectivity index (χ4n) is 2.24. The summed E-state index contributed by atoms with van der Waals surface area (Å²) < 4.78 is 5.53. The van der Waals surface area contributed by atoms with Gasteiger partial charge in [0.1, 0.15) is 5.58 Å². The summed E-state index contributed by atoms with van der Waals surface area (Å²) in [5.41, 5.74) is 2.08. The van der Waals surface area contributed by atoms with E-state index in [1.807, 2.05) is 19.1 Å². The van der Waals surface area contributed by atoms with Crippen LogP contribution in [0.15, 0.2) is 52.9 Å². The van der Waals surface area contributed by atoms with Crippen molar-refractivity contribution in [3.8, 4) is 0 Å². The summed E-state index contributed by atoms with van der Waals surface area (Å²) in [5.74, 6) is -0.271. The summed E-state index contributed by atoms with van der Waals surface area (Å²) in [6.07, 6.45) is 0. The number of non-ortho nitro benzene ring substituents is 1. The number of nitrogens with zero attached hydrogens (tertiary/aromatic N) is 1. The molecule has 23 heavy (non-hydrogen) atoms. The number of nitro benzene ring substituents is 1. The maximum Gasteiger partial charge on any atom is 0.270 e. The third kappa shape index (κ3) is 2.89. The molecule has 0 aliphatic carbocycles. The Balaban J connectivity index is 2.14. The smallest absolute Gasteiger partial charge is 0.270 e. The molecular weight excluding hydrogens is 314 g/mol. The molecule has 0 saturated carbocycles. The van der Waals surface area contributed by atoms with Crippen molar-refractivity contribution in [1.82, 2.24) is 0 Å². The highest BCUT2D eigenvalue weighted by molar-refractivity contribution is 7.71. The van der Waals surface area contributed by atoms with E-state index in [0.29, 0.717) is 16.5 Å². The third-order valence-corrected chi connectivity index (χ3v) is 3.79. The number of ketones is 1. The normalized spacial score (nSPS) is 10.7. The van der Waals surface area contributed by atoms with Crippen LogP contribution < -0.4 is 0 Å². The van der Waals surface area contributed by atoms with Gasteiger partial charge in [0.15, 0.2) is 5.78 Å². The van der Waals surface area contributed by atoms with E-state index in [1.54, 1.807) is 12.1 Å². The van der Waals surface area contributed by atoms with Crippen molar-refractivity contribution >= 4 is 34.7 Å². The Bertz CT molecular complexity index is 990. The first-order valence-corrected chi connectivity index (χ1v) is 7.20. The largest absolute Gasteiger partial charge is 0.444 e. The zero-order valence-corrected chi connectivity index (χ0v) is 12.9. The van der Waals surface area contributed by atoms with E-state index in [-0.39, 0.29) is 21.7 Å². The van der Waals surface area contributed by atoms with E-state index in [0.717, 1.165) is 5.56 Å². The van der Waals surface area contributed by atoms with E-state index < -0.39 is 4.92 Å². The van der Waals surface area contributed by atoms with Gasteiger partial charge in [-0.3, -0.25) is 14.9 Å². The molecule has 5 nitrogen and oxygen atoms in total. The number of rotatable bonds is 3. The number of nitro groups is 1. The molecule has 1 heterocycles. The molecule has 0 amide bonds. The molecular formula is C17H11NO4S. The van der Waals surface area contributed by atoms with Crippen molar-refractivity contribution in [2.75, 3.05) is 0 Å². The van der Waals surface area contributed by atoms with Crippen LogP contribution >= 0.6 is 12.2 Å². The van der Waals surface area contributed by atoms with Crippen molar-refractivity contribution in [2.45, 2.75) is 6.92 Å². The van der Waals surface area contributed by atoms with Gasteiger partial charge in [-0.05, 0) is 31.3 Å². The second kappa shape index (κ2) is 5.73. The average molecular weight is 325 g/mol. The molecule has 3 rings (SSSR count). The van der Waals surface area contributed by atoms with Crippen molar-refractivity contribution in [3.63, 3.8) is 0 Å². The zero-order valence-electron chi connectivity index (χ0n) is 12.1. The van der Waals surface area contributed by atoms with E-state index in [9.17, 15) is 14.9 Å². The van der Waals surface area contributed by atoms with Gasteiger partial charge in [-0.1, -0.05) is 29.8 Å². The van der Waals surface area contributed by atoms with Gasteiger partial charge in [0, 0.05) is 23.1 Å². The lowest BCUT2D eigenvalue weighted by atomic mass is 10.0. The number of carbonyl (C=O) groups excluding carboxylic acids is 1. The second-order valence-corrected chi connectivity index (χ2v) is 5.49. The first-order valence-electron chi connectivity index (χ1n) is 6.79. The first-order chi connectivity index (χ1) is 11.0. The minimum atomic E-state index is -0.498. The number of aryl methyl sites for hydroxylation is 1. The lowest BCUT2D eigenvalue weighted by molar-refractivity contribution is -0.384. The van der Waals surface area contributed by atoms with Gasteiger partial charge >= 0.3 is 0 Å². The second-order valence-electron chi connectivity index (χ2n) is 5.12. The number of benzene rings is 2. The van der Waals surface area contributed by atoms with Crippen LogP contribution in [-0.2, 0) is 0 Å². The molecule has 0 fully saturated rings. The summed E-state index contributed by atoms with van der Waals surface area (Å²) >= 11 is 5.14. The van der Waals surface area contributed by atoms with Gasteiger partial charge in [0.2, 0.25) is 4.71 Å². The van der Waals surface area contributed by atoms with Crippen LogP contribution in [-0.4, -0.2) is 10.7 Å². The summed E-state index contributed by atoms with van der Waals surface area (Å²) in [7, 11) is 0. The molecule has 0 spiro atoms. The summed E-state index contributed by atoms with van der Waals surface area (Å²) in [6.45, 7) is 1.93. The van der Waals surface area contributed by atoms with Crippen molar-refractivity contribution < 1.29 is 14.1 Å². The van der Waals surface area contributed by atoms with Crippen LogP contribution in [0.4, 0.5) is 5.69 Å². The fraction of sp³-hybridized carbons (Fsp3) is 0.0588. The van der Waals surface area contributed by atoms with Gasteiger partial charge in [0.05, 0.1) is 10.5 Å². The zero-order chi connectivity index (χ0) is 16.6. The molecule has 114 valence electrons. The van der Waals surface area contributed by atoms with Crippen molar-refractivity contribution in [1.29, 1.82) is 0 Å². The molecule has 0 radical (unpaired) electrons. The summed E-state index contributed by atoms with van der Waals surface area (Å²) in [6, 6.07) is 12.8. The lowest BCUT2D eigenvalue weighted by Crippen LogP contribution is -2.02. The third-order valence-electron chi connectivity index (χ3n) is 3.48. The Kier molecular flexibility index (Phi) is 3.75. The molecule has 2 aromatic carbocycles. The highest BCUT2D eigenvalue weighted by Gasteiger charge is 2.15. The van der Waals surface area contributed by atoms with Gasteiger partial charge in [-0.2, -0.15) is 0 Å². The molecule has 1 aromatic heterocycles. The van der Waals surface area contributed by atoms with E-state index in [4.69, 9.17) is 16.6 Å². The predicted molar refractivity (Wildman–Crippen MR) is 88.3 cm³/mol. The molecule has 0 bridgehead atoms. The quantitative estimate of drug-likeness (QED) is 0.304. The molecule has 0 aliphatic heterocycles. The summed E-state index contributed by atoms with van der Waals surface area (Å²) in [5, 5.41) is 11.3. The molecule has 0 atom stereocenters. The maximum absolute atomic E-state index is 12.6. The number of hydrogen-bond donors (Lipinski definition) is 0. The fourth-order valence-corrected chi connectivity index (χ4v) is 2.48. The van der Waals surface area contributed by atoms with Crippen molar-refractivity contribution in [2.24, 2.45) is 0 Å². The van der Waals surface area contributed by atoms with Gasteiger partial charge in [-0.15, -0.1) is 0 Å². The van der Waals surface area contributed by atoms with Crippen LogP contribution in [0.3, 0.4) is 0 Å². The van der Waals surface area contributed by atoms with E-state index in [2.05, 4.69) is 0 Å². The van der Waals surface area contributed by atoms with E-state index in [1.165, 1.54) is 24.3 Å². The predicted octanol–water partition coefficient (Wildman–Crippen LogP) is 4.61. The van der Waals surface area contributed by atoms with Crippen LogP contribution in [0.1, 0.15) is 21.5 Å². The standard InChI is InChI=1S/C17H11NO4S/c1-10-2-4-11(5-3-10)16(19)14-9-12-8-13(18(20)21)6-7-15(12)22-17(14)23/h2-9H,1H3. The number of hydrogen-bond acceptors (Lipinski definition) is 5. The molecule has 0 unspecified atom stereocenters. The highest BCUT2D eigenvalue weighted by atomic mass is 32.1. The molecule has 6 heteroatoms. The minimum Gasteiger partial charge on any atom is -0.444 e. The molecule has 0 saturated heterocycles. The number of fused-ring (bicyclic) bond motifs is 1. The Morgan fingerprint density at radius 3 is 2.48 bits per heavy atom. The summed E-state index contributed by atoms with van der Waals surface area (Å²) in [4.78, 5) is 23.0. The molecule has 0 N–H and O–H groups in total. The molecule has 3 aromatic rings. The van der Waals surface area contributed by atoms with Crippen LogP contribution in [0.2, 0.25) is 0 Å². The highest BCUT2D eigenvalue weighted by Crippen LogP contribution is 2.24. The average Bonchev–Trinajstić information content (AvgIpc) is 2.53. The topological polar surface area (TPSA) is 73.3 Å². The first kappa shape index (κ1) is 15.1. The number of carbonyl (C=O) groups is 1. The van der Waals surface area contributed by atoms with Gasteiger partial charge in [0.25, 0.3) is 5.69 Å². The minimum absolute atomic E-state index is 0.0666. The Hall–Kier alpha value is -2.86. The lowest BCUT2D eigenvalue weighted by Gasteiger charge is -2.04. The van der Waals surface area contributed by atoms with Crippen LogP contribution in [0.25, 0.3) is 11.0 Å². The SMILES string of the molecule is Cc1ccc(C(=O)c2cc3cc([N+](=O)[O-])ccc3oc2=S)cc1. The Morgan fingerprint density at radius 2 is 1.83 bits per heavy atom. The molecule has 0 aliphatic rings. The van der Waals surface area contributed by atoms with Crippen LogP contribution in [0.5, 0.6) is 0 Å². The van der Waals surface area contributed by atoms with Gasteiger partial charge in [-0.25, -0.2) is 0 Å². The monoisotopic (exact) mass is 325 g/mol. The van der Waals surface area contributed by atoms with Gasteiger partial charge < -0.3 is 4.42 Å². The maximum atomic E-state index is 12.6. The van der Waals surface area contributed by atoms with Crippen LogP contribution in [0, 0.1) is 21.7 Å². The van der Waals surface area contributed by atoms with E-state index >= 15 is 0 Å². The van der Waals surface area contributed by atoms with Crippen molar-refractivity contribution in [3.05, 3.63) is 80.0 Å². The Morgan fingerprint density at radius 1 is 1.13 bits per heavy atom. The Labute approximate surface area is 136 Å².